The second kappa shape index (κ2) is 5.22. The fourth-order valence-corrected chi connectivity index (χ4v) is 4.16. The van der Waals surface area contributed by atoms with Gasteiger partial charge in [0, 0.05) is 18.8 Å². The Bertz CT molecular complexity index is 692. The van der Waals surface area contributed by atoms with Crippen LogP contribution < -0.4 is 4.90 Å². The minimum Gasteiger partial charge on any atom is -0.371 e. The van der Waals surface area contributed by atoms with Crippen LogP contribution in [0.2, 0.25) is 0 Å². The monoisotopic (exact) mass is 318 g/mol. The lowest BCUT2D eigenvalue weighted by atomic mass is 10.1. The van der Waals surface area contributed by atoms with Crippen molar-refractivity contribution in [2.24, 2.45) is 0 Å². The molecular formula is C13H13F3N2O2S. The molecule has 0 N–H and O–H groups in total. The Morgan fingerprint density at radius 3 is 2.52 bits per heavy atom. The molecule has 21 heavy (non-hydrogen) atoms. The van der Waals surface area contributed by atoms with Gasteiger partial charge >= 0.3 is 6.18 Å². The molecule has 1 aromatic carbocycles. The molecule has 8 heteroatoms. The van der Waals surface area contributed by atoms with Crippen molar-refractivity contribution in [3.05, 3.63) is 29.3 Å². The van der Waals surface area contributed by atoms with E-state index in [-0.39, 0.29) is 17.5 Å². The van der Waals surface area contributed by atoms with E-state index in [1.807, 2.05) is 0 Å². The first-order valence-corrected chi connectivity index (χ1v) is 8.01. The van der Waals surface area contributed by atoms with Crippen LogP contribution in [0, 0.1) is 11.3 Å². The zero-order valence-corrected chi connectivity index (χ0v) is 12.0. The quantitative estimate of drug-likeness (QED) is 0.839. The average Bonchev–Trinajstić information content (AvgIpc) is 2.76. The Labute approximate surface area is 120 Å². The van der Waals surface area contributed by atoms with Gasteiger partial charge in [-0.2, -0.15) is 18.4 Å². The van der Waals surface area contributed by atoms with E-state index in [4.69, 9.17) is 5.26 Å². The molecule has 2 rings (SSSR count). The van der Waals surface area contributed by atoms with Gasteiger partial charge in [-0.25, -0.2) is 8.42 Å². The van der Waals surface area contributed by atoms with Gasteiger partial charge in [0.15, 0.2) is 9.84 Å². The van der Waals surface area contributed by atoms with Crippen molar-refractivity contribution >= 4 is 15.5 Å². The number of anilines is 1. The molecule has 4 nitrogen and oxygen atoms in total. The summed E-state index contributed by atoms with van der Waals surface area (Å²) in [6, 6.07) is 4.52. The van der Waals surface area contributed by atoms with Gasteiger partial charge in [-0.05, 0) is 24.6 Å². The molecule has 1 unspecified atom stereocenters. The first kappa shape index (κ1) is 15.6. The molecule has 0 spiro atoms. The number of hydrogen-bond acceptors (Lipinski definition) is 4. The number of nitrogens with zero attached hydrogens (tertiary/aromatic N) is 2. The minimum atomic E-state index is -4.58. The molecule has 1 saturated heterocycles. The van der Waals surface area contributed by atoms with Gasteiger partial charge < -0.3 is 4.90 Å². The number of sulfone groups is 1. The first-order chi connectivity index (χ1) is 9.64. The lowest BCUT2D eigenvalue weighted by Gasteiger charge is -2.26. The predicted octanol–water partition coefficient (Wildman–Crippen LogP) is 2.20. The Balaban J connectivity index is 2.32. The van der Waals surface area contributed by atoms with Gasteiger partial charge in [-0.3, -0.25) is 0 Å². The largest absolute Gasteiger partial charge is 0.417 e. The summed E-state index contributed by atoms with van der Waals surface area (Å²) in [5, 5.41) is 8.87. The van der Waals surface area contributed by atoms with Crippen LogP contribution in [0.15, 0.2) is 18.2 Å². The number of rotatable bonds is 2. The Kier molecular flexibility index (Phi) is 3.89. The summed E-state index contributed by atoms with van der Waals surface area (Å²) >= 11 is 0. The van der Waals surface area contributed by atoms with Gasteiger partial charge in [-0.1, -0.05) is 0 Å². The lowest BCUT2D eigenvalue weighted by molar-refractivity contribution is -0.137. The summed E-state index contributed by atoms with van der Waals surface area (Å²) in [6.45, 7) is 0. The number of halogens is 3. The highest BCUT2D eigenvalue weighted by molar-refractivity contribution is 7.91. The number of nitriles is 1. The molecular weight excluding hydrogens is 305 g/mol. The standard InChI is InChI=1S/C13H13F3N2O2S/c1-18(11-4-5-21(19,20)8-11)10-2-3-12(13(14,15)16)9(6-10)7-17/h2-3,6,11H,4-5,8H2,1H3. The van der Waals surface area contributed by atoms with Crippen LogP contribution >= 0.6 is 0 Å². The summed E-state index contributed by atoms with van der Waals surface area (Å²) in [4.78, 5) is 1.62. The van der Waals surface area contributed by atoms with E-state index in [1.165, 1.54) is 12.1 Å². The zero-order chi connectivity index (χ0) is 15.8. The van der Waals surface area contributed by atoms with Crippen molar-refractivity contribution in [1.82, 2.24) is 0 Å². The topological polar surface area (TPSA) is 61.2 Å². The smallest absolute Gasteiger partial charge is 0.371 e. The summed E-state index contributed by atoms with van der Waals surface area (Å²) in [5.41, 5.74) is -1.05. The van der Waals surface area contributed by atoms with Gasteiger partial charge in [0.25, 0.3) is 0 Å². The number of benzene rings is 1. The third-order valence-electron chi connectivity index (χ3n) is 3.59. The molecule has 1 aliphatic heterocycles. The van der Waals surface area contributed by atoms with E-state index < -0.39 is 27.1 Å². The van der Waals surface area contributed by atoms with Crippen molar-refractivity contribution in [2.75, 3.05) is 23.5 Å². The zero-order valence-electron chi connectivity index (χ0n) is 11.2. The highest BCUT2D eigenvalue weighted by Gasteiger charge is 2.35. The second-order valence-corrected chi connectivity index (χ2v) is 7.24. The predicted molar refractivity (Wildman–Crippen MR) is 71.6 cm³/mol. The lowest BCUT2D eigenvalue weighted by Crippen LogP contribution is -2.32. The summed E-state index contributed by atoms with van der Waals surface area (Å²) < 4.78 is 61.1. The van der Waals surface area contributed by atoms with Crippen LogP contribution in [0.5, 0.6) is 0 Å². The molecule has 1 aromatic rings. The Hall–Kier alpha value is -1.75. The Morgan fingerprint density at radius 2 is 2.05 bits per heavy atom. The van der Waals surface area contributed by atoms with E-state index in [9.17, 15) is 21.6 Å². The minimum absolute atomic E-state index is 0.0214. The highest BCUT2D eigenvalue weighted by atomic mass is 32.2. The maximum absolute atomic E-state index is 12.7. The van der Waals surface area contributed by atoms with Crippen molar-refractivity contribution in [3.8, 4) is 6.07 Å². The Morgan fingerprint density at radius 1 is 1.38 bits per heavy atom. The summed E-state index contributed by atoms with van der Waals surface area (Å²) in [5.74, 6) is 0.0557. The van der Waals surface area contributed by atoms with Gasteiger partial charge in [-0.15, -0.1) is 0 Å². The van der Waals surface area contributed by atoms with E-state index >= 15 is 0 Å². The van der Waals surface area contributed by atoms with E-state index in [0.29, 0.717) is 12.1 Å². The molecule has 0 saturated carbocycles. The molecule has 0 radical (unpaired) electrons. The molecule has 1 fully saturated rings. The third-order valence-corrected chi connectivity index (χ3v) is 5.34. The number of alkyl halides is 3. The van der Waals surface area contributed by atoms with Crippen LogP contribution in [-0.4, -0.2) is 33.0 Å². The van der Waals surface area contributed by atoms with Gasteiger partial charge in [0.2, 0.25) is 0 Å². The highest BCUT2D eigenvalue weighted by Crippen LogP contribution is 2.34. The van der Waals surface area contributed by atoms with Crippen molar-refractivity contribution in [3.63, 3.8) is 0 Å². The molecule has 0 aromatic heterocycles. The van der Waals surface area contributed by atoms with Crippen molar-refractivity contribution in [2.45, 2.75) is 18.6 Å². The molecule has 1 aliphatic rings. The maximum atomic E-state index is 12.7. The van der Waals surface area contributed by atoms with E-state index in [0.717, 1.165) is 12.1 Å². The van der Waals surface area contributed by atoms with Gasteiger partial charge in [0.1, 0.15) is 0 Å². The second-order valence-electron chi connectivity index (χ2n) is 5.01. The molecule has 0 amide bonds. The first-order valence-electron chi connectivity index (χ1n) is 6.18. The fourth-order valence-electron chi connectivity index (χ4n) is 2.38. The summed E-state index contributed by atoms with van der Waals surface area (Å²) in [6.07, 6.45) is -4.15. The van der Waals surface area contributed by atoms with Gasteiger partial charge in [0.05, 0.1) is 28.7 Å². The van der Waals surface area contributed by atoms with Crippen LogP contribution in [0.25, 0.3) is 0 Å². The molecule has 114 valence electrons. The van der Waals surface area contributed by atoms with Crippen LogP contribution in [0.4, 0.5) is 18.9 Å². The van der Waals surface area contributed by atoms with E-state index in [2.05, 4.69) is 0 Å². The van der Waals surface area contributed by atoms with Crippen molar-refractivity contribution < 1.29 is 21.6 Å². The fraction of sp³-hybridized carbons (Fsp3) is 0.462. The molecule has 1 heterocycles. The van der Waals surface area contributed by atoms with Crippen molar-refractivity contribution in [1.29, 1.82) is 5.26 Å². The number of hydrogen-bond donors (Lipinski definition) is 0. The summed E-state index contributed by atoms with van der Waals surface area (Å²) in [7, 11) is -1.46. The molecule has 0 aliphatic carbocycles. The molecule has 0 bridgehead atoms. The average molecular weight is 318 g/mol. The van der Waals surface area contributed by atoms with Crippen LogP contribution in [-0.2, 0) is 16.0 Å². The SMILES string of the molecule is CN(c1ccc(C(F)(F)F)c(C#N)c1)C1CCS(=O)(=O)C1. The normalized spacial score (nSPS) is 21.0. The van der Waals surface area contributed by atoms with Crippen LogP contribution in [0.1, 0.15) is 17.5 Å². The molecule has 1 atom stereocenters. The van der Waals surface area contributed by atoms with Crippen LogP contribution in [0.3, 0.4) is 0 Å². The third kappa shape index (κ3) is 3.29. The van der Waals surface area contributed by atoms with E-state index in [1.54, 1.807) is 11.9 Å². The maximum Gasteiger partial charge on any atom is 0.417 e.